The number of hydrogen-bond donors (Lipinski definition) is 0. The molecule has 0 saturated carbocycles. The number of rotatable bonds is 3. The van der Waals surface area contributed by atoms with Gasteiger partial charge in [0.2, 0.25) is 10.0 Å². The summed E-state index contributed by atoms with van der Waals surface area (Å²) < 4.78 is 34.3. The third-order valence-electron chi connectivity index (χ3n) is 5.30. The van der Waals surface area contributed by atoms with Gasteiger partial charge in [0.05, 0.1) is 11.7 Å². The Bertz CT molecular complexity index is 877. The van der Waals surface area contributed by atoms with Crippen LogP contribution in [-0.2, 0) is 16.4 Å². The lowest BCUT2D eigenvalue weighted by molar-refractivity contribution is 0.228. The molecule has 2 heterocycles. The van der Waals surface area contributed by atoms with E-state index in [0.29, 0.717) is 23.7 Å². The quantitative estimate of drug-likeness (QED) is 0.831. The lowest BCUT2D eigenvalue weighted by Gasteiger charge is -2.26. The molecule has 2 aromatic carbocycles. The Balaban J connectivity index is 1.72. The zero-order valence-corrected chi connectivity index (χ0v) is 15.8. The van der Waals surface area contributed by atoms with Gasteiger partial charge in [-0.25, -0.2) is 8.42 Å². The van der Waals surface area contributed by atoms with Gasteiger partial charge in [0.1, 0.15) is 17.3 Å². The van der Waals surface area contributed by atoms with E-state index in [1.165, 1.54) is 4.31 Å². The molecule has 5 nitrogen and oxygen atoms in total. The molecule has 0 amide bonds. The topological polar surface area (TPSA) is 49.9 Å². The Morgan fingerprint density at radius 1 is 1.04 bits per heavy atom. The standard InChI is InChI=1S/C20H24N2O3S/c1-21-17(14-16-8-3-2-4-9-16)15-25-19-11-7-10-18(20(19)26(21,23)24)22-12-5-6-13-22/h2-4,7-11,17H,5-6,12-15H2,1H3/t17-/m1/s1. The lowest BCUT2D eigenvalue weighted by atomic mass is 10.1. The number of sulfonamides is 1. The molecule has 0 N–H and O–H groups in total. The van der Waals surface area contributed by atoms with Gasteiger partial charge in [-0.1, -0.05) is 36.4 Å². The molecule has 0 aromatic heterocycles. The first-order chi connectivity index (χ1) is 12.6. The summed E-state index contributed by atoms with van der Waals surface area (Å²) in [6, 6.07) is 15.3. The van der Waals surface area contributed by atoms with E-state index in [9.17, 15) is 8.42 Å². The number of hydrogen-bond acceptors (Lipinski definition) is 4. The van der Waals surface area contributed by atoms with Gasteiger partial charge in [0.25, 0.3) is 0 Å². The van der Waals surface area contributed by atoms with Gasteiger partial charge in [-0.2, -0.15) is 4.31 Å². The molecule has 1 atom stereocenters. The van der Waals surface area contributed by atoms with Crippen LogP contribution in [-0.4, -0.2) is 45.5 Å². The highest BCUT2D eigenvalue weighted by Gasteiger charge is 2.37. The zero-order valence-electron chi connectivity index (χ0n) is 15.0. The fourth-order valence-electron chi connectivity index (χ4n) is 3.79. The van der Waals surface area contributed by atoms with E-state index in [2.05, 4.69) is 4.90 Å². The van der Waals surface area contributed by atoms with Crippen molar-refractivity contribution in [1.82, 2.24) is 4.31 Å². The van der Waals surface area contributed by atoms with Gasteiger partial charge >= 0.3 is 0 Å². The van der Waals surface area contributed by atoms with E-state index in [4.69, 9.17) is 4.74 Å². The molecule has 138 valence electrons. The number of benzene rings is 2. The van der Waals surface area contributed by atoms with E-state index < -0.39 is 10.0 Å². The van der Waals surface area contributed by atoms with Crippen molar-refractivity contribution in [2.24, 2.45) is 0 Å². The molecule has 0 bridgehead atoms. The third-order valence-corrected chi connectivity index (χ3v) is 7.28. The molecule has 0 unspecified atom stereocenters. The molecule has 1 saturated heterocycles. The van der Waals surface area contributed by atoms with Gasteiger partial charge in [-0.05, 0) is 37.0 Å². The first-order valence-corrected chi connectivity index (χ1v) is 10.5. The molecule has 0 aliphatic carbocycles. The lowest BCUT2D eigenvalue weighted by Crippen LogP contribution is -2.40. The van der Waals surface area contributed by atoms with Gasteiger partial charge in [0, 0.05) is 20.1 Å². The van der Waals surface area contributed by atoms with Crippen LogP contribution >= 0.6 is 0 Å². The second kappa shape index (κ2) is 6.93. The van der Waals surface area contributed by atoms with Crippen molar-refractivity contribution in [1.29, 1.82) is 0 Å². The highest BCUT2D eigenvalue weighted by Crippen LogP contribution is 2.39. The molecule has 2 aromatic rings. The maximum absolute atomic E-state index is 13.4. The van der Waals surface area contributed by atoms with Crippen LogP contribution in [0.4, 0.5) is 5.69 Å². The summed E-state index contributed by atoms with van der Waals surface area (Å²) >= 11 is 0. The molecular formula is C20H24N2O3S. The maximum atomic E-state index is 13.4. The number of anilines is 1. The van der Waals surface area contributed by atoms with Crippen LogP contribution in [0.25, 0.3) is 0 Å². The molecule has 1 fully saturated rings. The SMILES string of the molecule is CN1[C@H](Cc2ccccc2)COc2cccc(N3CCCC3)c2S1(=O)=O. The van der Waals surface area contributed by atoms with Crippen molar-refractivity contribution >= 4 is 15.7 Å². The van der Waals surface area contributed by atoms with Gasteiger partial charge < -0.3 is 9.64 Å². The van der Waals surface area contributed by atoms with Crippen LogP contribution < -0.4 is 9.64 Å². The van der Waals surface area contributed by atoms with Crippen molar-refractivity contribution < 1.29 is 13.2 Å². The summed E-state index contributed by atoms with van der Waals surface area (Å²) in [6.07, 6.45) is 2.82. The first kappa shape index (κ1) is 17.4. The average Bonchev–Trinajstić information content (AvgIpc) is 3.16. The Hall–Kier alpha value is -2.05. The summed E-state index contributed by atoms with van der Waals surface area (Å²) in [4.78, 5) is 2.48. The molecule has 4 rings (SSSR count). The number of fused-ring (bicyclic) bond motifs is 1. The minimum absolute atomic E-state index is 0.235. The van der Waals surface area contributed by atoms with E-state index in [0.717, 1.165) is 37.2 Å². The first-order valence-electron chi connectivity index (χ1n) is 9.10. The second-order valence-corrected chi connectivity index (χ2v) is 8.91. The van der Waals surface area contributed by atoms with Crippen LogP contribution in [0.1, 0.15) is 18.4 Å². The van der Waals surface area contributed by atoms with E-state index in [-0.39, 0.29) is 6.04 Å². The summed E-state index contributed by atoms with van der Waals surface area (Å²) in [5.74, 6) is 0.469. The summed E-state index contributed by atoms with van der Waals surface area (Å²) in [7, 11) is -1.96. The number of nitrogens with zero attached hydrogens (tertiary/aromatic N) is 2. The van der Waals surface area contributed by atoms with E-state index in [1.54, 1.807) is 13.1 Å². The fraction of sp³-hybridized carbons (Fsp3) is 0.400. The van der Waals surface area contributed by atoms with Gasteiger partial charge in [-0.15, -0.1) is 0 Å². The monoisotopic (exact) mass is 372 g/mol. The normalized spacial score (nSPS) is 22.5. The minimum atomic E-state index is -3.63. The Morgan fingerprint density at radius 3 is 2.50 bits per heavy atom. The van der Waals surface area contributed by atoms with Crippen LogP contribution in [0.5, 0.6) is 5.75 Å². The second-order valence-electron chi connectivity index (χ2n) is 6.97. The predicted octanol–water partition coefficient (Wildman–Crippen LogP) is 2.91. The van der Waals surface area contributed by atoms with Crippen molar-refractivity contribution in [3.8, 4) is 5.75 Å². The number of ether oxygens (including phenoxy) is 1. The van der Waals surface area contributed by atoms with Gasteiger partial charge in [0.15, 0.2) is 0 Å². The molecule has 26 heavy (non-hydrogen) atoms. The Kier molecular flexibility index (Phi) is 4.63. The maximum Gasteiger partial charge on any atom is 0.248 e. The highest BCUT2D eigenvalue weighted by atomic mass is 32.2. The highest BCUT2D eigenvalue weighted by molar-refractivity contribution is 7.89. The average molecular weight is 372 g/mol. The Labute approximate surface area is 155 Å². The van der Waals surface area contributed by atoms with Crippen molar-refractivity contribution in [2.75, 3.05) is 31.6 Å². The molecule has 6 heteroatoms. The molecule has 2 aliphatic rings. The smallest absolute Gasteiger partial charge is 0.248 e. The van der Waals surface area contributed by atoms with Crippen molar-refractivity contribution in [3.63, 3.8) is 0 Å². The molecule has 0 spiro atoms. The van der Waals surface area contributed by atoms with Crippen LogP contribution in [0.2, 0.25) is 0 Å². The summed E-state index contributed by atoms with van der Waals surface area (Å²) in [5.41, 5.74) is 1.88. The van der Waals surface area contributed by atoms with Crippen LogP contribution in [0.15, 0.2) is 53.4 Å². The molecule has 2 aliphatic heterocycles. The van der Waals surface area contributed by atoms with Crippen molar-refractivity contribution in [3.05, 3.63) is 54.1 Å². The van der Waals surface area contributed by atoms with Crippen LogP contribution in [0, 0.1) is 0 Å². The fourth-order valence-corrected chi connectivity index (χ4v) is 5.45. The minimum Gasteiger partial charge on any atom is -0.490 e. The van der Waals surface area contributed by atoms with E-state index >= 15 is 0 Å². The Morgan fingerprint density at radius 2 is 1.77 bits per heavy atom. The van der Waals surface area contributed by atoms with Crippen molar-refractivity contribution in [2.45, 2.75) is 30.2 Å². The van der Waals surface area contributed by atoms with Gasteiger partial charge in [-0.3, -0.25) is 0 Å². The summed E-state index contributed by atoms with van der Waals surface area (Å²) in [5, 5.41) is 0. The van der Waals surface area contributed by atoms with E-state index in [1.807, 2.05) is 42.5 Å². The largest absolute Gasteiger partial charge is 0.490 e. The molecule has 0 radical (unpaired) electrons. The number of likely N-dealkylation sites (N-methyl/N-ethyl adjacent to an activating group) is 1. The zero-order chi connectivity index (χ0) is 18.1. The van der Waals surface area contributed by atoms with Crippen LogP contribution in [0.3, 0.4) is 0 Å². The summed E-state index contributed by atoms with van der Waals surface area (Å²) in [6.45, 7) is 2.13. The molecular weight excluding hydrogens is 348 g/mol. The predicted molar refractivity (Wildman–Crippen MR) is 102 cm³/mol. The third kappa shape index (κ3) is 3.08.